The molecule has 1 aliphatic rings. The summed E-state index contributed by atoms with van der Waals surface area (Å²) in [6.07, 6.45) is 4.68. The minimum atomic E-state index is -0.318. The van der Waals surface area contributed by atoms with Crippen LogP contribution in [0.25, 0.3) is 21.3 Å². The maximum Gasteiger partial charge on any atom is 0.149 e. The Balaban J connectivity index is 1.37. The number of halogens is 1. The Morgan fingerprint density at radius 1 is 1.19 bits per heavy atom. The Kier molecular flexibility index (Phi) is 5.76. The Morgan fingerprint density at radius 3 is 2.97 bits per heavy atom. The quantitative estimate of drug-likeness (QED) is 0.436. The number of aromatic nitrogens is 2. The van der Waals surface area contributed by atoms with Gasteiger partial charge in [-0.25, -0.2) is 9.37 Å². The van der Waals surface area contributed by atoms with Gasteiger partial charge >= 0.3 is 0 Å². The highest BCUT2D eigenvalue weighted by Crippen LogP contribution is 2.30. The molecule has 1 unspecified atom stereocenters. The average Bonchev–Trinajstić information content (AvgIpc) is 3.26. The predicted molar refractivity (Wildman–Crippen MR) is 131 cm³/mol. The van der Waals surface area contributed by atoms with Crippen LogP contribution in [0, 0.1) is 11.7 Å². The molecule has 0 radical (unpaired) electrons. The first kappa shape index (κ1) is 20.8. The van der Waals surface area contributed by atoms with Gasteiger partial charge in [-0.1, -0.05) is 13.0 Å². The summed E-state index contributed by atoms with van der Waals surface area (Å²) >= 11 is 1.68. The topological polar surface area (TPSA) is 67.1 Å². The summed E-state index contributed by atoms with van der Waals surface area (Å²) < 4.78 is 15.8. The summed E-state index contributed by atoms with van der Waals surface area (Å²) in [5.74, 6) is 0.225. The fourth-order valence-electron chi connectivity index (χ4n) is 4.48. The molecule has 5 rings (SSSR count). The molecule has 5 nitrogen and oxygen atoms in total. The predicted octanol–water partition coefficient (Wildman–Crippen LogP) is 5.28. The zero-order valence-corrected chi connectivity index (χ0v) is 18.8. The highest BCUT2D eigenvalue weighted by molar-refractivity contribution is 7.17. The number of rotatable bonds is 5. The number of nitrogens with one attached hydrogen (secondary N) is 1. The van der Waals surface area contributed by atoms with Crippen LogP contribution in [0.2, 0.25) is 0 Å². The monoisotopic (exact) mass is 447 g/mol. The summed E-state index contributed by atoms with van der Waals surface area (Å²) in [5, 5.41) is 6.60. The van der Waals surface area contributed by atoms with Crippen LogP contribution >= 0.6 is 11.3 Å². The van der Waals surface area contributed by atoms with E-state index in [9.17, 15) is 4.39 Å². The molecule has 4 heterocycles. The lowest BCUT2D eigenvalue weighted by atomic mass is 9.96. The van der Waals surface area contributed by atoms with E-state index < -0.39 is 0 Å². The highest BCUT2D eigenvalue weighted by Gasteiger charge is 2.24. The Labute approximate surface area is 191 Å². The van der Waals surface area contributed by atoms with Crippen LogP contribution in [0.15, 0.2) is 60.2 Å². The molecule has 1 aliphatic heterocycles. The van der Waals surface area contributed by atoms with Gasteiger partial charge < -0.3 is 16.0 Å². The van der Waals surface area contributed by atoms with Crippen molar-refractivity contribution in [2.24, 2.45) is 11.7 Å². The third kappa shape index (κ3) is 4.31. The molecule has 0 aliphatic carbocycles. The number of hydrogen-bond acceptors (Lipinski definition) is 6. The fraction of sp³-hybridized carbons (Fsp3) is 0.280. The lowest BCUT2D eigenvalue weighted by molar-refractivity contribution is 0.402. The second kappa shape index (κ2) is 8.84. The Morgan fingerprint density at radius 2 is 2.09 bits per heavy atom. The third-order valence-corrected chi connectivity index (χ3v) is 6.82. The molecule has 3 aromatic heterocycles. The van der Waals surface area contributed by atoms with Gasteiger partial charge in [0.05, 0.1) is 29.8 Å². The molecule has 4 aromatic rings. The minimum absolute atomic E-state index is 0.168. The zero-order valence-electron chi connectivity index (χ0n) is 18.0. The van der Waals surface area contributed by atoms with Crippen molar-refractivity contribution in [3.63, 3.8) is 0 Å². The number of anilines is 2. The number of hydrogen-bond donors (Lipinski definition) is 2. The molecule has 3 N–H and O–H groups in total. The first-order valence-electron chi connectivity index (χ1n) is 10.9. The number of fused-ring (bicyclic) bond motifs is 1. The van der Waals surface area contributed by atoms with E-state index in [0.29, 0.717) is 18.2 Å². The minimum Gasteiger partial charge on any atom is -0.376 e. The molecule has 2 atom stereocenters. The zero-order chi connectivity index (χ0) is 22.1. The SMILES string of the molecule is C[C@@H]1CC(N)CN(c2ccncc2NCc2ccc(F)c(-c3ccc4sccc4c3)n2)C1. The average molecular weight is 448 g/mol. The van der Waals surface area contributed by atoms with Gasteiger partial charge in [-0.15, -0.1) is 11.3 Å². The van der Waals surface area contributed by atoms with E-state index >= 15 is 0 Å². The molecular weight excluding hydrogens is 421 g/mol. The van der Waals surface area contributed by atoms with Gasteiger partial charge in [0.15, 0.2) is 0 Å². The molecule has 0 bridgehead atoms. The number of nitrogens with two attached hydrogens (primary N) is 1. The lowest BCUT2D eigenvalue weighted by Gasteiger charge is -2.37. The standard InChI is InChI=1S/C25H26FN5S/c1-16-10-19(27)15-31(14-16)23-6-8-28-13-22(23)29-12-20-3-4-21(26)25(30-20)18-2-5-24-17(11-18)7-9-32-24/h2-9,11,13,16,19,29H,10,12,14-15,27H2,1H3/t16-,19?/m1/s1. The summed E-state index contributed by atoms with van der Waals surface area (Å²) in [4.78, 5) is 11.2. The summed E-state index contributed by atoms with van der Waals surface area (Å²) in [5.41, 5.74) is 10.2. The van der Waals surface area contributed by atoms with E-state index in [0.717, 1.165) is 47.5 Å². The lowest BCUT2D eigenvalue weighted by Crippen LogP contribution is -2.46. The number of benzene rings is 1. The normalized spacial score (nSPS) is 18.8. The number of piperidine rings is 1. The first-order chi connectivity index (χ1) is 15.6. The fourth-order valence-corrected chi connectivity index (χ4v) is 5.25. The van der Waals surface area contributed by atoms with E-state index in [1.54, 1.807) is 23.6 Å². The van der Waals surface area contributed by atoms with Gasteiger partial charge in [0, 0.05) is 35.6 Å². The second-order valence-electron chi connectivity index (χ2n) is 8.56. The van der Waals surface area contributed by atoms with Crippen molar-refractivity contribution in [1.82, 2.24) is 9.97 Å². The van der Waals surface area contributed by atoms with Crippen molar-refractivity contribution in [1.29, 1.82) is 0 Å². The molecule has 0 saturated carbocycles. The molecule has 164 valence electrons. The van der Waals surface area contributed by atoms with E-state index in [2.05, 4.69) is 27.1 Å². The first-order valence-corrected chi connectivity index (χ1v) is 11.8. The van der Waals surface area contributed by atoms with Gasteiger partial charge in [-0.3, -0.25) is 4.98 Å². The molecule has 1 saturated heterocycles. The smallest absolute Gasteiger partial charge is 0.149 e. The maximum atomic E-state index is 14.6. The van der Waals surface area contributed by atoms with Crippen molar-refractivity contribution in [3.8, 4) is 11.3 Å². The maximum absolute atomic E-state index is 14.6. The van der Waals surface area contributed by atoms with E-state index in [4.69, 9.17) is 5.73 Å². The van der Waals surface area contributed by atoms with Crippen molar-refractivity contribution in [2.75, 3.05) is 23.3 Å². The molecule has 32 heavy (non-hydrogen) atoms. The van der Waals surface area contributed by atoms with Crippen LogP contribution in [0.1, 0.15) is 19.0 Å². The molecule has 0 spiro atoms. The van der Waals surface area contributed by atoms with Crippen molar-refractivity contribution < 1.29 is 4.39 Å². The van der Waals surface area contributed by atoms with Gasteiger partial charge in [-0.05, 0) is 59.5 Å². The van der Waals surface area contributed by atoms with E-state index in [1.165, 1.54) is 10.8 Å². The van der Waals surface area contributed by atoms with Gasteiger partial charge in [0.1, 0.15) is 11.5 Å². The van der Waals surface area contributed by atoms with Crippen LogP contribution in [-0.2, 0) is 6.54 Å². The number of thiophene rings is 1. The molecule has 0 amide bonds. The van der Waals surface area contributed by atoms with Crippen molar-refractivity contribution >= 4 is 32.8 Å². The number of nitrogens with zero attached hydrogens (tertiary/aromatic N) is 3. The highest BCUT2D eigenvalue weighted by atomic mass is 32.1. The molecule has 7 heteroatoms. The van der Waals surface area contributed by atoms with Crippen LogP contribution in [0.4, 0.5) is 15.8 Å². The molecular formula is C25H26FN5S. The van der Waals surface area contributed by atoms with Crippen LogP contribution in [0.3, 0.4) is 0 Å². The summed E-state index contributed by atoms with van der Waals surface area (Å²) in [6, 6.07) is 13.4. The molecule has 1 aromatic carbocycles. The van der Waals surface area contributed by atoms with E-state index in [-0.39, 0.29) is 11.9 Å². The van der Waals surface area contributed by atoms with Crippen molar-refractivity contribution in [2.45, 2.75) is 25.9 Å². The largest absolute Gasteiger partial charge is 0.376 e. The molecule has 1 fully saturated rings. The second-order valence-corrected chi connectivity index (χ2v) is 9.51. The Hall–Kier alpha value is -3.03. The summed E-state index contributed by atoms with van der Waals surface area (Å²) in [7, 11) is 0. The van der Waals surface area contributed by atoms with Crippen molar-refractivity contribution in [3.05, 3.63) is 71.7 Å². The summed E-state index contributed by atoms with van der Waals surface area (Å²) in [6.45, 7) is 4.50. The van der Waals surface area contributed by atoms with Gasteiger partial charge in [-0.2, -0.15) is 0 Å². The third-order valence-electron chi connectivity index (χ3n) is 5.92. The van der Waals surface area contributed by atoms with E-state index in [1.807, 2.05) is 41.9 Å². The van der Waals surface area contributed by atoms with Crippen LogP contribution < -0.4 is 16.0 Å². The van der Waals surface area contributed by atoms with Gasteiger partial charge in [0.25, 0.3) is 0 Å². The van der Waals surface area contributed by atoms with Crippen LogP contribution in [0.5, 0.6) is 0 Å². The van der Waals surface area contributed by atoms with Gasteiger partial charge in [0.2, 0.25) is 0 Å². The van der Waals surface area contributed by atoms with Crippen LogP contribution in [-0.4, -0.2) is 29.1 Å². The Bertz CT molecular complexity index is 1230. The number of pyridine rings is 2.